The number of benzene rings is 2. The number of hydrogen-bond acceptors (Lipinski definition) is 3. The molecular weight excluding hydrogens is 400 g/mol. The van der Waals surface area contributed by atoms with E-state index in [1.54, 1.807) is 10.6 Å². The molecule has 0 aliphatic carbocycles. The highest BCUT2D eigenvalue weighted by atomic mass is 79.9. The van der Waals surface area contributed by atoms with Crippen molar-refractivity contribution in [3.63, 3.8) is 0 Å². The summed E-state index contributed by atoms with van der Waals surface area (Å²) in [6.45, 7) is 3.84. The van der Waals surface area contributed by atoms with Crippen LogP contribution in [-0.4, -0.2) is 14.6 Å². The number of nitrogen functional groups attached to an aromatic ring is 1. The highest BCUT2D eigenvalue weighted by Crippen LogP contribution is 2.31. The van der Waals surface area contributed by atoms with Crippen LogP contribution in [0.3, 0.4) is 0 Å². The molecule has 4 nitrogen and oxygen atoms in total. The second-order valence-electron chi connectivity index (χ2n) is 6.08. The molecular formula is C22H17BrN4. The van der Waals surface area contributed by atoms with Crippen molar-refractivity contribution in [3.8, 4) is 11.1 Å². The molecule has 0 aliphatic heterocycles. The van der Waals surface area contributed by atoms with Gasteiger partial charge in [-0.1, -0.05) is 65.0 Å². The molecule has 0 unspecified atom stereocenters. The smallest absolute Gasteiger partial charge is 0.162 e. The average Bonchev–Trinajstić information content (AvgIpc) is 3.10. The van der Waals surface area contributed by atoms with Gasteiger partial charge in [-0.2, -0.15) is 5.10 Å². The summed E-state index contributed by atoms with van der Waals surface area (Å²) in [5.74, 6) is 0. The van der Waals surface area contributed by atoms with Gasteiger partial charge in [0.05, 0.1) is 6.20 Å². The molecule has 2 heterocycles. The lowest BCUT2D eigenvalue weighted by molar-refractivity contribution is 0.941. The summed E-state index contributed by atoms with van der Waals surface area (Å²) >= 11 is 3.46. The lowest BCUT2D eigenvalue weighted by atomic mass is 9.98. The zero-order chi connectivity index (χ0) is 18.8. The molecule has 0 saturated carbocycles. The number of anilines is 1. The third-order valence-corrected chi connectivity index (χ3v) is 4.89. The molecule has 4 rings (SSSR count). The van der Waals surface area contributed by atoms with Crippen molar-refractivity contribution in [3.05, 3.63) is 101 Å². The van der Waals surface area contributed by atoms with Gasteiger partial charge in [-0.3, -0.25) is 0 Å². The number of allylic oxidation sites excluding steroid dienone is 2. The molecule has 27 heavy (non-hydrogen) atoms. The normalized spacial score (nSPS) is 11.7. The fourth-order valence-electron chi connectivity index (χ4n) is 3.04. The second kappa shape index (κ2) is 7.21. The van der Waals surface area contributed by atoms with Gasteiger partial charge in [-0.15, -0.1) is 0 Å². The molecule has 0 bridgehead atoms. The van der Waals surface area contributed by atoms with E-state index in [4.69, 9.17) is 5.73 Å². The molecule has 0 atom stereocenters. The van der Waals surface area contributed by atoms with Crippen LogP contribution < -0.4 is 5.73 Å². The van der Waals surface area contributed by atoms with Gasteiger partial charge in [0.15, 0.2) is 5.65 Å². The van der Waals surface area contributed by atoms with Crippen molar-refractivity contribution < 1.29 is 0 Å². The number of fused-ring (bicyclic) bond motifs is 1. The topological polar surface area (TPSA) is 56.2 Å². The predicted molar refractivity (Wildman–Crippen MR) is 114 cm³/mol. The molecule has 2 aromatic carbocycles. The van der Waals surface area contributed by atoms with E-state index in [1.807, 2.05) is 73.2 Å². The lowest BCUT2D eigenvalue weighted by Crippen LogP contribution is -1.96. The Hall–Kier alpha value is -3.18. The highest BCUT2D eigenvalue weighted by molar-refractivity contribution is 9.10. The molecule has 5 heteroatoms. The van der Waals surface area contributed by atoms with Gasteiger partial charge in [0.1, 0.15) is 0 Å². The van der Waals surface area contributed by atoms with Gasteiger partial charge in [-0.25, -0.2) is 9.50 Å². The Balaban J connectivity index is 1.83. The van der Waals surface area contributed by atoms with Crippen molar-refractivity contribution in [1.29, 1.82) is 0 Å². The summed E-state index contributed by atoms with van der Waals surface area (Å²) in [6, 6.07) is 15.9. The van der Waals surface area contributed by atoms with Crippen LogP contribution in [-0.2, 0) is 0 Å². The average molecular weight is 417 g/mol. The lowest BCUT2D eigenvalue weighted by Gasteiger charge is -2.09. The second-order valence-corrected chi connectivity index (χ2v) is 6.99. The Morgan fingerprint density at radius 3 is 2.52 bits per heavy atom. The minimum absolute atomic E-state index is 0.705. The van der Waals surface area contributed by atoms with Crippen LogP contribution in [0.4, 0.5) is 5.69 Å². The summed E-state index contributed by atoms with van der Waals surface area (Å²) in [4.78, 5) is 4.67. The number of nitrogens with zero attached hydrogens (tertiary/aromatic N) is 3. The monoisotopic (exact) mass is 416 g/mol. The first-order valence-corrected chi connectivity index (χ1v) is 9.24. The number of aromatic nitrogens is 3. The Bertz CT molecular complexity index is 1160. The number of nitrogens with two attached hydrogens (primary N) is 1. The molecule has 0 aliphatic rings. The quantitative estimate of drug-likeness (QED) is 0.359. The Morgan fingerprint density at radius 1 is 1.00 bits per heavy atom. The van der Waals surface area contributed by atoms with Crippen molar-refractivity contribution in [2.75, 3.05) is 5.73 Å². The molecule has 2 aromatic heterocycles. The maximum Gasteiger partial charge on any atom is 0.162 e. The van der Waals surface area contributed by atoms with E-state index in [-0.39, 0.29) is 0 Å². The van der Waals surface area contributed by atoms with E-state index in [1.165, 1.54) is 0 Å². The zero-order valence-corrected chi connectivity index (χ0v) is 16.1. The van der Waals surface area contributed by atoms with Crippen LogP contribution in [0.1, 0.15) is 11.1 Å². The minimum atomic E-state index is 0.705. The van der Waals surface area contributed by atoms with Gasteiger partial charge in [0.2, 0.25) is 0 Å². The summed E-state index contributed by atoms with van der Waals surface area (Å²) < 4.78 is 2.84. The first-order chi connectivity index (χ1) is 13.2. The van der Waals surface area contributed by atoms with E-state index in [2.05, 4.69) is 32.6 Å². The SMILES string of the molecule is C=C/C=C(\c1ccccc1N)c1cnn2cc(-c3ccc(Br)cc3)cnc12. The first-order valence-electron chi connectivity index (χ1n) is 8.44. The molecule has 0 amide bonds. The highest BCUT2D eigenvalue weighted by Gasteiger charge is 2.14. The van der Waals surface area contributed by atoms with Crippen LogP contribution >= 0.6 is 15.9 Å². The number of hydrogen-bond donors (Lipinski definition) is 1. The van der Waals surface area contributed by atoms with Crippen LogP contribution in [0.25, 0.3) is 22.3 Å². The molecule has 2 N–H and O–H groups in total. The van der Waals surface area contributed by atoms with Crippen LogP contribution in [0.15, 0.2) is 90.3 Å². The van der Waals surface area contributed by atoms with Crippen molar-refractivity contribution in [2.24, 2.45) is 0 Å². The molecule has 0 saturated heterocycles. The van der Waals surface area contributed by atoms with Crippen LogP contribution in [0.5, 0.6) is 0 Å². The van der Waals surface area contributed by atoms with E-state index in [0.29, 0.717) is 5.69 Å². The van der Waals surface area contributed by atoms with E-state index in [9.17, 15) is 0 Å². The van der Waals surface area contributed by atoms with Crippen molar-refractivity contribution in [1.82, 2.24) is 14.6 Å². The predicted octanol–water partition coefficient (Wildman–Crippen LogP) is 5.36. The Morgan fingerprint density at radius 2 is 1.78 bits per heavy atom. The zero-order valence-electron chi connectivity index (χ0n) is 14.5. The third kappa shape index (κ3) is 3.29. The Kier molecular flexibility index (Phi) is 4.60. The largest absolute Gasteiger partial charge is 0.398 e. The summed E-state index contributed by atoms with van der Waals surface area (Å²) in [7, 11) is 0. The number of rotatable bonds is 4. The number of halogens is 1. The van der Waals surface area contributed by atoms with E-state index in [0.717, 1.165) is 37.9 Å². The molecule has 0 radical (unpaired) electrons. The van der Waals surface area contributed by atoms with Crippen molar-refractivity contribution in [2.45, 2.75) is 0 Å². The van der Waals surface area contributed by atoms with Crippen LogP contribution in [0, 0.1) is 0 Å². The fraction of sp³-hybridized carbons (Fsp3) is 0. The standard InChI is InChI=1S/C22H17BrN4/c1-2-5-18(19-6-3-4-7-21(19)24)20-13-26-27-14-16(12-25-22(20)27)15-8-10-17(23)11-9-15/h2-14H,1,24H2/b18-5+. The number of para-hydroxylation sites is 1. The van der Waals surface area contributed by atoms with Gasteiger partial charge < -0.3 is 5.73 Å². The maximum atomic E-state index is 6.19. The molecule has 132 valence electrons. The Labute approximate surface area is 165 Å². The first kappa shape index (κ1) is 17.2. The summed E-state index contributed by atoms with van der Waals surface area (Å²) in [6.07, 6.45) is 9.35. The van der Waals surface area contributed by atoms with Gasteiger partial charge in [0, 0.05) is 39.2 Å². The third-order valence-electron chi connectivity index (χ3n) is 4.36. The fourth-order valence-corrected chi connectivity index (χ4v) is 3.31. The van der Waals surface area contributed by atoms with E-state index < -0.39 is 0 Å². The minimum Gasteiger partial charge on any atom is -0.398 e. The summed E-state index contributed by atoms with van der Waals surface area (Å²) in [5.41, 5.74) is 12.5. The molecule has 4 aromatic rings. The van der Waals surface area contributed by atoms with Gasteiger partial charge in [-0.05, 0) is 29.3 Å². The van der Waals surface area contributed by atoms with E-state index >= 15 is 0 Å². The molecule has 0 fully saturated rings. The molecule has 0 spiro atoms. The van der Waals surface area contributed by atoms with Gasteiger partial charge >= 0.3 is 0 Å². The van der Waals surface area contributed by atoms with Crippen LogP contribution in [0.2, 0.25) is 0 Å². The van der Waals surface area contributed by atoms with Gasteiger partial charge in [0.25, 0.3) is 0 Å². The maximum absolute atomic E-state index is 6.19. The summed E-state index contributed by atoms with van der Waals surface area (Å²) in [5, 5.41) is 4.51. The van der Waals surface area contributed by atoms with Crippen molar-refractivity contribution >= 4 is 32.8 Å².